The van der Waals surface area contributed by atoms with Gasteiger partial charge in [0.2, 0.25) is 0 Å². The number of rotatable bonds is 5. The second-order valence-electron chi connectivity index (χ2n) is 7.90. The smallest absolute Gasteiger partial charge is 0.119 e. The number of hydrogen-bond acceptors (Lipinski definition) is 2. The molecule has 0 fully saturated rings. The van der Waals surface area contributed by atoms with Crippen molar-refractivity contribution in [2.75, 3.05) is 13.7 Å². The molecule has 0 saturated carbocycles. The molecule has 0 aliphatic carbocycles. The lowest BCUT2D eigenvalue weighted by atomic mass is 9.94. The maximum Gasteiger partial charge on any atom is 0.119 e. The fourth-order valence-electron chi connectivity index (χ4n) is 3.74. The number of hydrogen-bond donors (Lipinski definition) is 1. The van der Waals surface area contributed by atoms with Crippen LogP contribution in [0.3, 0.4) is 0 Å². The predicted octanol–water partition coefficient (Wildman–Crippen LogP) is 5.10. The number of fused-ring (bicyclic) bond motifs is 3. The maximum absolute atomic E-state index is 5.48. The van der Waals surface area contributed by atoms with Gasteiger partial charge >= 0.3 is 0 Å². The van der Waals surface area contributed by atoms with Crippen LogP contribution >= 0.6 is 12.4 Å². The van der Waals surface area contributed by atoms with Crippen molar-refractivity contribution < 1.29 is 4.74 Å². The molecule has 3 rings (SSSR count). The van der Waals surface area contributed by atoms with Crippen molar-refractivity contribution in [1.29, 1.82) is 0 Å². The standard InChI is InChI=1S/C20H30N2O.ClH/c1-6-16(21-13-20(2,3)4)19-15-12-14(23-5)9-10-17(15)22-11-7-8-18(19)22;/h9-10,12,16,21H,6-8,11,13H2,1-5H3;1H/t16-;/m0./s1. The third-order valence-corrected chi connectivity index (χ3v) is 4.85. The zero-order valence-electron chi connectivity index (χ0n) is 15.6. The molecule has 0 unspecified atom stereocenters. The van der Waals surface area contributed by atoms with Gasteiger partial charge in [-0.2, -0.15) is 0 Å². The van der Waals surface area contributed by atoms with Crippen LogP contribution in [-0.4, -0.2) is 18.2 Å². The fraction of sp³-hybridized carbons (Fsp3) is 0.600. The molecular formula is C20H31ClN2O. The Morgan fingerprint density at radius 3 is 2.67 bits per heavy atom. The van der Waals surface area contributed by atoms with Gasteiger partial charge in [-0.3, -0.25) is 0 Å². The van der Waals surface area contributed by atoms with E-state index in [9.17, 15) is 0 Å². The van der Waals surface area contributed by atoms with Gasteiger partial charge in [-0.25, -0.2) is 0 Å². The number of benzene rings is 1. The predicted molar refractivity (Wildman–Crippen MR) is 105 cm³/mol. The van der Waals surface area contributed by atoms with E-state index in [-0.39, 0.29) is 12.4 Å². The van der Waals surface area contributed by atoms with E-state index in [0.29, 0.717) is 11.5 Å². The topological polar surface area (TPSA) is 26.2 Å². The summed E-state index contributed by atoms with van der Waals surface area (Å²) in [5.41, 5.74) is 4.69. The zero-order chi connectivity index (χ0) is 16.6. The highest BCUT2D eigenvalue weighted by Gasteiger charge is 2.26. The molecule has 0 spiro atoms. The van der Waals surface area contributed by atoms with Gasteiger partial charge in [0.15, 0.2) is 0 Å². The van der Waals surface area contributed by atoms with Crippen molar-refractivity contribution in [1.82, 2.24) is 9.88 Å². The van der Waals surface area contributed by atoms with E-state index in [1.165, 1.54) is 35.0 Å². The van der Waals surface area contributed by atoms with Crippen LogP contribution in [0.1, 0.15) is 57.8 Å². The summed E-state index contributed by atoms with van der Waals surface area (Å²) in [6, 6.07) is 6.94. The summed E-state index contributed by atoms with van der Waals surface area (Å²) in [6.07, 6.45) is 3.57. The van der Waals surface area contributed by atoms with Gasteiger partial charge in [-0.05, 0) is 48.4 Å². The van der Waals surface area contributed by atoms with Gasteiger partial charge in [0.05, 0.1) is 7.11 Å². The molecule has 1 aromatic heterocycles. The molecule has 1 aliphatic rings. The molecule has 24 heavy (non-hydrogen) atoms. The summed E-state index contributed by atoms with van der Waals surface area (Å²) in [6.45, 7) is 11.3. The Balaban J connectivity index is 0.00000208. The summed E-state index contributed by atoms with van der Waals surface area (Å²) < 4.78 is 8.00. The second kappa shape index (κ2) is 7.37. The number of aromatic nitrogens is 1. The van der Waals surface area contributed by atoms with E-state index in [0.717, 1.165) is 25.3 Å². The summed E-state index contributed by atoms with van der Waals surface area (Å²) in [4.78, 5) is 0. The van der Waals surface area contributed by atoms with Crippen molar-refractivity contribution >= 4 is 23.3 Å². The number of aryl methyl sites for hydroxylation is 1. The molecule has 1 atom stereocenters. The molecular weight excluding hydrogens is 320 g/mol. The SMILES string of the molecule is CC[C@H](NCC(C)(C)C)c1c2n(c3ccc(OC)cc13)CCC2.Cl. The monoisotopic (exact) mass is 350 g/mol. The molecule has 3 nitrogen and oxygen atoms in total. The molecule has 1 aromatic carbocycles. The maximum atomic E-state index is 5.48. The van der Waals surface area contributed by atoms with Gasteiger partial charge in [0.1, 0.15) is 5.75 Å². The quantitative estimate of drug-likeness (QED) is 0.811. The highest BCUT2D eigenvalue weighted by molar-refractivity contribution is 5.88. The second-order valence-corrected chi connectivity index (χ2v) is 7.90. The molecule has 2 aromatic rings. The lowest BCUT2D eigenvalue weighted by Crippen LogP contribution is -2.30. The van der Waals surface area contributed by atoms with E-state index in [1.54, 1.807) is 7.11 Å². The van der Waals surface area contributed by atoms with E-state index < -0.39 is 0 Å². The van der Waals surface area contributed by atoms with Crippen LogP contribution < -0.4 is 10.1 Å². The largest absolute Gasteiger partial charge is 0.497 e. The Morgan fingerprint density at radius 2 is 2.04 bits per heavy atom. The van der Waals surface area contributed by atoms with Crippen LogP contribution in [0.2, 0.25) is 0 Å². The minimum atomic E-state index is 0. The van der Waals surface area contributed by atoms with Gasteiger partial charge in [0, 0.05) is 35.7 Å². The fourth-order valence-corrected chi connectivity index (χ4v) is 3.74. The average Bonchev–Trinajstić information content (AvgIpc) is 3.08. The molecule has 4 heteroatoms. The van der Waals surface area contributed by atoms with Gasteiger partial charge in [0.25, 0.3) is 0 Å². The van der Waals surface area contributed by atoms with Crippen molar-refractivity contribution in [3.63, 3.8) is 0 Å². The van der Waals surface area contributed by atoms with Crippen molar-refractivity contribution in [2.45, 2.75) is 59.5 Å². The Labute approximate surface area is 152 Å². The molecule has 0 radical (unpaired) electrons. The van der Waals surface area contributed by atoms with Crippen LogP contribution in [0.5, 0.6) is 5.75 Å². The number of methoxy groups -OCH3 is 1. The van der Waals surface area contributed by atoms with Gasteiger partial charge in [-0.1, -0.05) is 27.7 Å². The van der Waals surface area contributed by atoms with Crippen LogP contribution in [0, 0.1) is 5.41 Å². The minimum absolute atomic E-state index is 0. The number of ether oxygens (including phenoxy) is 1. The molecule has 0 bridgehead atoms. The van der Waals surface area contributed by atoms with Crippen molar-refractivity contribution in [2.24, 2.45) is 5.41 Å². The zero-order valence-corrected chi connectivity index (χ0v) is 16.4. The highest BCUT2D eigenvalue weighted by Crippen LogP contribution is 2.38. The molecule has 1 aliphatic heterocycles. The summed E-state index contributed by atoms with van der Waals surface area (Å²) in [5, 5.41) is 5.18. The third-order valence-electron chi connectivity index (χ3n) is 4.85. The Morgan fingerprint density at radius 1 is 1.29 bits per heavy atom. The molecule has 0 saturated heterocycles. The molecule has 1 N–H and O–H groups in total. The number of halogens is 1. The third kappa shape index (κ3) is 3.57. The first kappa shape index (κ1) is 19.1. The van der Waals surface area contributed by atoms with Crippen LogP contribution in [-0.2, 0) is 13.0 Å². The van der Waals surface area contributed by atoms with Crippen LogP contribution in [0.15, 0.2) is 18.2 Å². The Kier molecular flexibility index (Phi) is 5.87. The Hall–Kier alpha value is -1.19. The number of nitrogens with one attached hydrogen (secondary N) is 1. The van der Waals surface area contributed by atoms with E-state index in [4.69, 9.17) is 4.74 Å². The molecule has 2 heterocycles. The average molecular weight is 351 g/mol. The highest BCUT2D eigenvalue weighted by atomic mass is 35.5. The van der Waals surface area contributed by atoms with Crippen LogP contribution in [0.25, 0.3) is 10.9 Å². The van der Waals surface area contributed by atoms with Gasteiger partial charge < -0.3 is 14.6 Å². The lowest BCUT2D eigenvalue weighted by molar-refractivity contribution is 0.349. The summed E-state index contributed by atoms with van der Waals surface area (Å²) in [7, 11) is 1.75. The first-order valence-electron chi connectivity index (χ1n) is 8.87. The summed E-state index contributed by atoms with van der Waals surface area (Å²) in [5.74, 6) is 0.952. The van der Waals surface area contributed by atoms with Crippen molar-refractivity contribution in [3.05, 3.63) is 29.5 Å². The molecule has 0 amide bonds. The first-order valence-corrected chi connectivity index (χ1v) is 8.87. The summed E-state index contributed by atoms with van der Waals surface area (Å²) >= 11 is 0. The van der Waals surface area contributed by atoms with E-state index in [2.05, 4.69) is 55.8 Å². The molecule has 134 valence electrons. The lowest BCUT2D eigenvalue weighted by Gasteiger charge is -2.25. The van der Waals surface area contributed by atoms with Crippen molar-refractivity contribution in [3.8, 4) is 5.75 Å². The van der Waals surface area contributed by atoms with E-state index >= 15 is 0 Å². The first-order chi connectivity index (χ1) is 10.9. The number of nitrogens with zero attached hydrogens (tertiary/aromatic N) is 1. The van der Waals surface area contributed by atoms with Crippen LogP contribution in [0.4, 0.5) is 0 Å². The minimum Gasteiger partial charge on any atom is -0.497 e. The van der Waals surface area contributed by atoms with E-state index in [1.807, 2.05) is 0 Å². The van der Waals surface area contributed by atoms with Gasteiger partial charge in [-0.15, -0.1) is 12.4 Å². The normalized spacial score (nSPS) is 15.2. The Bertz CT molecular complexity index is 700.